The van der Waals surface area contributed by atoms with Crippen LogP contribution in [0.2, 0.25) is 0 Å². The molecule has 2 heterocycles. The molecule has 4 rings (SSSR count). The number of benzene rings is 2. The number of nitrogens with two attached hydrogens (primary N) is 1. The van der Waals surface area contributed by atoms with Gasteiger partial charge in [0.05, 0.1) is 20.2 Å². The topological polar surface area (TPSA) is 122 Å². The minimum Gasteiger partial charge on any atom is -0.497 e. The molecule has 0 spiro atoms. The molecule has 11 heteroatoms. The monoisotopic (exact) mass is 465 g/mol. The molecule has 0 amide bonds. The van der Waals surface area contributed by atoms with Gasteiger partial charge < -0.3 is 20.4 Å². The summed E-state index contributed by atoms with van der Waals surface area (Å²) in [6.45, 7) is 0.967. The molecule has 0 aliphatic carbocycles. The first-order valence-electron chi connectivity index (χ1n) is 10.5. The SMILES string of the molecule is COc1ccc(Cn2c(NCCn3ccnc3N)nc(=O)n(Cc3ccc(F)cc3)c2=O)cc1. The van der Waals surface area contributed by atoms with Gasteiger partial charge in [0.15, 0.2) is 5.95 Å². The predicted octanol–water partition coefficient (Wildman–Crippen LogP) is 1.54. The van der Waals surface area contributed by atoms with Gasteiger partial charge in [0.25, 0.3) is 0 Å². The van der Waals surface area contributed by atoms with Crippen molar-refractivity contribution in [3.8, 4) is 5.75 Å². The highest BCUT2D eigenvalue weighted by molar-refractivity contribution is 5.30. The quantitative estimate of drug-likeness (QED) is 0.384. The number of nitrogens with one attached hydrogen (secondary N) is 1. The van der Waals surface area contributed by atoms with Crippen molar-refractivity contribution in [3.63, 3.8) is 0 Å². The van der Waals surface area contributed by atoms with Gasteiger partial charge in [-0.1, -0.05) is 24.3 Å². The Morgan fingerprint density at radius 3 is 2.26 bits per heavy atom. The van der Waals surface area contributed by atoms with Gasteiger partial charge in [-0.25, -0.2) is 23.5 Å². The predicted molar refractivity (Wildman–Crippen MR) is 125 cm³/mol. The summed E-state index contributed by atoms with van der Waals surface area (Å²) in [5.74, 6) is 0.788. The molecule has 0 fully saturated rings. The summed E-state index contributed by atoms with van der Waals surface area (Å²) in [7, 11) is 1.57. The first-order chi connectivity index (χ1) is 16.4. The Balaban J connectivity index is 1.66. The van der Waals surface area contributed by atoms with Gasteiger partial charge in [-0.2, -0.15) is 4.98 Å². The molecule has 0 bridgehead atoms. The Bertz CT molecular complexity index is 1380. The van der Waals surface area contributed by atoms with E-state index >= 15 is 0 Å². The Labute approximate surface area is 194 Å². The van der Waals surface area contributed by atoms with E-state index in [-0.39, 0.29) is 19.0 Å². The molecular weight excluding hydrogens is 441 g/mol. The van der Waals surface area contributed by atoms with Crippen molar-refractivity contribution in [2.24, 2.45) is 0 Å². The number of nitrogen functional groups attached to an aromatic ring is 1. The molecule has 0 saturated carbocycles. The maximum Gasteiger partial charge on any atom is 0.355 e. The van der Waals surface area contributed by atoms with E-state index in [1.54, 1.807) is 36.2 Å². The number of rotatable bonds is 9. The van der Waals surface area contributed by atoms with Crippen molar-refractivity contribution in [1.29, 1.82) is 0 Å². The number of nitrogens with zero attached hydrogens (tertiary/aromatic N) is 5. The first-order valence-corrected chi connectivity index (χ1v) is 10.5. The van der Waals surface area contributed by atoms with Gasteiger partial charge in [-0.15, -0.1) is 0 Å². The van der Waals surface area contributed by atoms with Gasteiger partial charge in [-0.3, -0.25) is 4.57 Å². The highest BCUT2D eigenvalue weighted by atomic mass is 19.1. The molecular formula is C23H24FN7O3. The number of hydrogen-bond acceptors (Lipinski definition) is 7. The second kappa shape index (κ2) is 10.0. The van der Waals surface area contributed by atoms with Crippen LogP contribution in [0.25, 0.3) is 0 Å². The molecule has 34 heavy (non-hydrogen) atoms. The van der Waals surface area contributed by atoms with E-state index < -0.39 is 17.2 Å². The van der Waals surface area contributed by atoms with Gasteiger partial charge >= 0.3 is 11.4 Å². The summed E-state index contributed by atoms with van der Waals surface area (Å²) in [5, 5.41) is 3.06. The van der Waals surface area contributed by atoms with Crippen molar-refractivity contribution in [1.82, 2.24) is 23.7 Å². The third-order valence-corrected chi connectivity index (χ3v) is 5.29. The van der Waals surface area contributed by atoms with Crippen LogP contribution in [0.5, 0.6) is 5.75 Å². The van der Waals surface area contributed by atoms with Crippen LogP contribution in [-0.2, 0) is 19.6 Å². The molecule has 2 aromatic heterocycles. The maximum atomic E-state index is 13.4. The van der Waals surface area contributed by atoms with E-state index in [2.05, 4.69) is 15.3 Å². The highest BCUT2D eigenvalue weighted by Gasteiger charge is 2.14. The largest absolute Gasteiger partial charge is 0.497 e. The average molecular weight is 465 g/mol. The van der Waals surface area contributed by atoms with Gasteiger partial charge in [0, 0.05) is 25.5 Å². The van der Waals surface area contributed by atoms with E-state index in [9.17, 15) is 14.0 Å². The smallest absolute Gasteiger partial charge is 0.355 e. The van der Waals surface area contributed by atoms with Crippen molar-refractivity contribution in [2.75, 3.05) is 24.7 Å². The van der Waals surface area contributed by atoms with Gasteiger partial charge in [-0.05, 0) is 35.4 Å². The second-order valence-corrected chi connectivity index (χ2v) is 7.55. The van der Waals surface area contributed by atoms with Gasteiger partial charge in [0.2, 0.25) is 5.95 Å². The van der Waals surface area contributed by atoms with Crippen molar-refractivity contribution >= 4 is 11.9 Å². The standard InChI is InChI=1S/C23H24FN7O3/c1-34-19-8-4-17(5-9-19)14-30-21(27-11-13-29-12-10-26-20(29)25)28-22(32)31(23(30)33)15-16-2-6-18(24)7-3-16/h2-10,12H,11,13-15H2,1H3,(H2,25,26)(H,27,28,32). The average Bonchev–Trinajstić information content (AvgIpc) is 3.25. The van der Waals surface area contributed by atoms with E-state index in [1.165, 1.54) is 28.8 Å². The Kier molecular flexibility index (Phi) is 6.72. The Morgan fingerprint density at radius 1 is 1.00 bits per heavy atom. The van der Waals surface area contributed by atoms with Crippen LogP contribution in [0.15, 0.2) is 70.5 Å². The number of aromatic nitrogens is 5. The van der Waals surface area contributed by atoms with Crippen LogP contribution >= 0.6 is 0 Å². The zero-order chi connectivity index (χ0) is 24.1. The van der Waals surface area contributed by atoms with Crippen molar-refractivity contribution in [3.05, 3.63) is 98.8 Å². The lowest BCUT2D eigenvalue weighted by atomic mass is 10.2. The van der Waals surface area contributed by atoms with E-state index in [0.717, 1.165) is 10.1 Å². The number of anilines is 2. The van der Waals surface area contributed by atoms with Crippen LogP contribution in [0, 0.1) is 5.82 Å². The van der Waals surface area contributed by atoms with E-state index in [4.69, 9.17) is 10.5 Å². The summed E-state index contributed by atoms with van der Waals surface area (Å²) in [6.07, 6.45) is 3.32. The minimum atomic E-state index is -0.704. The molecule has 0 unspecified atom stereocenters. The Morgan fingerprint density at radius 2 is 1.65 bits per heavy atom. The summed E-state index contributed by atoms with van der Waals surface area (Å²) in [6, 6.07) is 12.8. The molecule has 176 valence electrons. The lowest BCUT2D eigenvalue weighted by Gasteiger charge is -2.16. The summed E-state index contributed by atoms with van der Waals surface area (Å²) in [4.78, 5) is 34.2. The van der Waals surface area contributed by atoms with Crippen LogP contribution < -0.4 is 27.2 Å². The number of methoxy groups -OCH3 is 1. The molecule has 2 aromatic carbocycles. The highest BCUT2D eigenvalue weighted by Crippen LogP contribution is 2.13. The van der Waals surface area contributed by atoms with Crippen LogP contribution in [0.4, 0.5) is 16.3 Å². The van der Waals surface area contributed by atoms with Gasteiger partial charge in [0.1, 0.15) is 11.6 Å². The molecule has 0 aliphatic heterocycles. The lowest BCUT2D eigenvalue weighted by molar-refractivity contribution is 0.414. The third-order valence-electron chi connectivity index (χ3n) is 5.29. The molecule has 4 aromatic rings. The lowest BCUT2D eigenvalue weighted by Crippen LogP contribution is -2.43. The van der Waals surface area contributed by atoms with Crippen LogP contribution in [0.3, 0.4) is 0 Å². The summed E-state index contributed by atoms with van der Waals surface area (Å²) >= 11 is 0. The van der Waals surface area contributed by atoms with E-state index in [1.807, 2.05) is 12.1 Å². The fourth-order valence-electron chi connectivity index (χ4n) is 3.45. The fraction of sp³-hybridized carbons (Fsp3) is 0.217. The van der Waals surface area contributed by atoms with Crippen molar-refractivity contribution in [2.45, 2.75) is 19.6 Å². The normalized spacial score (nSPS) is 10.9. The molecule has 0 saturated heterocycles. The van der Waals surface area contributed by atoms with E-state index in [0.29, 0.717) is 30.4 Å². The number of imidazole rings is 1. The molecule has 3 N–H and O–H groups in total. The molecule has 0 aliphatic rings. The Hall–Kier alpha value is -4.41. The minimum absolute atomic E-state index is 0.0284. The fourth-order valence-corrected chi connectivity index (χ4v) is 3.45. The molecule has 0 atom stereocenters. The summed E-state index contributed by atoms with van der Waals surface area (Å²) < 4.78 is 22.6. The molecule has 10 nitrogen and oxygen atoms in total. The number of ether oxygens (including phenoxy) is 1. The number of hydrogen-bond donors (Lipinski definition) is 2. The second-order valence-electron chi connectivity index (χ2n) is 7.55. The van der Waals surface area contributed by atoms with Crippen LogP contribution in [-0.4, -0.2) is 37.3 Å². The summed E-state index contributed by atoms with van der Waals surface area (Å²) in [5.41, 5.74) is 5.98. The maximum absolute atomic E-state index is 13.4. The number of halogens is 1. The zero-order valence-electron chi connectivity index (χ0n) is 18.5. The van der Waals surface area contributed by atoms with Crippen molar-refractivity contribution < 1.29 is 9.13 Å². The first kappa shape index (κ1) is 22.8. The zero-order valence-corrected chi connectivity index (χ0v) is 18.5. The molecule has 0 radical (unpaired) electrons. The third kappa shape index (κ3) is 5.14. The van der Waals surface area contributed by atoms with Crippen LogP contribution in [0.1, 0.15) is 11.1 Å².